The predicted molar refractivity (Wildman–Crippen MR) is 72.8 cm³/mol. The van der Waals surface area contributed by atoms with E-state index < -0.39 is 10.8 Å². The summed E-state index contributed by atoms with van der Waals surface area (Å²) >= 11 is 0. The van der Waals surface area contributed by atoms with E-state index in [4.69, 9.17) is 4.42 Å². The minimum atomic E-state index is -1.05. The summed E-state index contributed by atoms with van der Waals surface area (Å²) in [7, 11) is 0.818. The van der Waals surface area contributed by atoms with Crippen LogP contribution in [0.3, 0.4) is 0 Å². The zero-order valence-corrected chi connectivity index (χ0v) is 11.4. The molecule has 18 heavy (non-hydrogen) atoms. The summed E-state index contributed by atoms with van der Waals surface area (Å²) in [5.41, 5.74) is 1.05. The molecular weight excluding hydrogens is 246 g/mol. The van der Waals surface area contributed by atoms with Gasteiger partial charge in [-0.1, -0.05) is 18.2 Å². The smallest absolute Gasteiger partial charge is 0.117 e. The van der Waals surface area contributed by atoms with Crippen molar-refractivity contribution in [2.75, 3.05) is 7.05 Å². The first kappa shape index (κ1) is 13.1. The zero-order chi connectivity index (χ0) is 13.0. The average Bonchev–Trinajstić information content (AvgIpc) is 2.77. The van der Waals surface area contributed by atoms with Crippen molar-refractivity contribution in [3.05, 3.63) is 53.5 Å². The van der Waals surface area contributed by atoms with Crippen molar-refractivity contribution in [2.24, 2.45) is 0 Å². The third kappa shape index (κ3) is 3.09. The molecule has 0 amide bonds. The third-order valence-corrected chi connectivity index (χ3v) is 4.18. The molecule has 0 fully saturated rings. The summed E-state index contributed by atoms with van der Waals surface area (Å²) < 4.78 is 17.8. The fourth-order valence-corrected chi connectivity index (χ4v) is 3.01. The summed E-state index contributed by atoms with van der Waals surface area (Å²) in [6, 6.07) is 11.6. The molecule has 0 spiro atoms. The summed E-state index contributed by atoms with van der Waals surface area (Å²) in [6.07, 6.45) is 0. The highest BCUT2D eigenvalue weighted by molar-refractivity contribution is 7.84. The van der Waals surface area contributed by atoms with Gasteiger partial charge in [-0.05, 0) is 37.7 Å². The topological polar surface area (TPSA) is 42.2 Å². The van der Waals surface area contributed by atoms with Crippen molar-refractivity contribution in [3.63, 3.8) is 0 Å². The Morgan fingerprint density at radius 1 is 1.17 bits per heavy atom. The molecular formula is C14H17NO2S. The summed E-state index contributed by atoms with van der Waals surface area (Å²) in [5, 5.41) is 3.02. The molecule has 1 atom stereocenters. The molecule has 0 aliphatic carbocycles. The van der Waals surface area contributed by atoms with Crippen molar-refractivity contribution in [1.82, 2.24) is 5.32 Å². The molecule has 1 N–H and O–H groups in total. The molecule has 2 aromatic rings. The van der Waals surface area contributed by atoms with Crippen molar-refractivity contribution in [2.45, 2.75) is 24.1 Å². The van der Waals surface area contributed by atoms with Crippen LogP contribution in [0.4, 0.5) is 0 Å². The Morgan fingerprint density at radius 2 is 1.89 bits per heavy atom. The van der Waals surface area contributed by atoms with Crippen LogP contribution in [0.25, 0.3) is 0 Å². The second kappa shape index (κ2) is 5.98. The van der Waals surface area contributed by atoms with E-state index in [0.29, 0.717) is 12.3 Å². The second-order valence-corrected chi connectivity index (χ2v) is 5.57. The van der Waals surface area contributed by atoms with Crippen molar-refractivity contribution in [3.8, 4) is 0 Å². The monoisotopic (exact) mass is 263 g/mol. The Balaban J connectivity index is 2.09. The quantitative estimate of drug-likeness (QED) is 0.901. The van der Waals surface area contributed by atoms with Gasteiger partial charge >= 0.3 is 0 Å². The van der Waals surface area contributed by atoms with Crippen LogP contribution in [-0.2, 0) is 23.1 Å². The summed E-state index contributed by atoms with van der Waals surface area (Å²) in [6.45, 7) is 2.67. The second-order valence-electron chi connectivity index (χ2n) is 4.15. The van der Waals surface area contributed by atoms with Gasteiger partial charge in [0.15, 0.2) is 0 Å². The van der Waals surface area contributed by atoms with Gasteiger partial charge in [-0.2, -0.15) is 0 Å². The van der Waals surface area contributed by atoms with E-state index in [1.807, 2.05) is 50.4 Å². The van der Waals surface area contributed by atoms with Crippen molar-refractivity contribution in [1.29, 1.82) is 0 Å². The first-order valence-electron chi connectivity index (χ1n) is 5.87. The van der Waals surface area contributed by atoms with E-state index in [1.165, 1.54) is 0 Å². The number of benzene rings is 1. The highest BCUT2D eigenvalue weighted by Crippen LogP contribution is 2.17. The normalized spacial score (nSPS) is 12.6. The minimum Gasteiger partial charge on any atom is -0.464 e. The van der Waals surface area contributed by atoms with E-state index in [2.05, 4.69) is 5.32 Å². The first-order valence-corrected chi connectivity index (χ1v) is 7.19. The molecule has 0 saturated heterocycles. The maximum atomic E-state index is 12.2. The van der Waals surface area contributed by atoms with Crippen LogP contribution in [0.2, 0.25) is 0 Å². The van der Waals surface area contributed by atoms with Gasteiger partial charge in [0, 0.05) is 4.90 Å². The number of hydrogen-bond donors (Lipinski definition) is 1. The molecule has 0 aliphatic rings. The van der Waals surface area contributed by atoms with Gasteiger partial charge in [0.1, 0.15) is 11.5 Å². The van der Waals surface area contributed by atoms with E-state index >= 15 is 0 Å². The van der Waals surface area contributed by atoms with E-state index in [9.17, 15) is 4.21 Å². The van der Waals surface area contributed by atoms with Gasteiger partial charge < -0.3 is 9.73 Å². The number of hydrogen-bond acceptors (Lipinski definition) is 3. The fourth-order valence-electron chi connectivity index (χ4n) is 1.79. The third-order valence-electron chi connectivity index (χ3n) is 2.68. The lowest BCUT2D eigenvalue weighted by molar-refractivity contribution is 0.467. The maximum Gasteiger partial charge on any atom is 0.117 e. The predicted octanol–water partition coefficient (Wildman–Crippen LogP) is 2.62. The summed E-state index contributed by atoms with van der Waals surface area (Å²) in [5.74, 6) is 2.06. The SMILES string of the molecule is CNCc1ccc(CS(=O)c2ccccc2C)o1. The molecule has 1 aromatic carbocycles. The number of aryl methyl sites for hydroxylation is 1. The Morgan fingerprint density at radius 3 is 2.61 bits per heavy atom. The van der Waals surface area contributed by atoms with Gasteiger partial charge in [-0.25, -0.2) is 0 Å². The highest BCUT2D eigenvalue weighted by Gasteiger charge is 2.10. The van der Waals surface area contributed by atoms with Gasteiger partial charge in [0.25, 0.3) is 0 Å². The minimum absolute atomic E-state index is 0.425. The largest absolute Gasteiger partial charge is 0.464 e. The van der Waals surface area contributed by atoms with Crippen LogP contribution in [0.15, 0.2) is 45.7 Å². The van der Waals surface area contributed by atoms with Crippen molar-refractivity contribution < 1.29 is 8.63 Å². The van der Waals surface area contributed by atoms with Crippen LogP contribution in [0.5, 0.6) is 0 Å². The van der Waals surface area contributed by atoms with Crippen LogP contribution < -0.4 is 5.32 Å². The lowest BCUT2D eigenvalue weighted by Gasteiger charge is -2.03. The van der Waals surface area contributed by atoms with Gasteiger partial charge in [-0.15, -0.1) is 0 Å². The Bertz CT molecular complexity index is 548. The summed E-state index contributed by atoms with van der Waals surface area (Å²) in [4.78, 5) is 0.879. The van der Waals surface area contributed by atoms with Crippen molar-refractivity contribution >= 4 is 10.8 Å². The Hall–Kier alpha value is -1.39. The van der Waals surface area contributed by atoms with E-state index in [0.717, 1.165) is 22.0 Å². The zero-order valence-electron chi connectivity index (χ0n) is 10.6. The van der Waals surface area contributed by atoms with Gasteiger partial charge in [0.2, 0.25) is 0 Å². The molecule has 0 radical (unpaired) electrons. The molecule has 0 bridgehead atoms. The molecule has 0 saturated carbocycles. The highest BCUT2D eigenvalue weighted by atomic mass is 32.2. The molecule has 1 unspecified atom stereocenters. The Labute approximate surface area is 110 Å². The molecule has 96 valence electrons. The first-order chi connectivity index (χ1) is 8.70. The van der Waals surface area contributed by atoms with Crippen LogP contribution in [-0.4, -0.2) is 11.3 Å². The fraction of sp³-hybridized carbons (Fsp3) is 0.286. The van der Waals surface area contributed by atoms with Crippen LogP contribution in [0.1, 0.15) is 17.1 Å². The molecule has 4 heteroatoms. The molecule has 2 rings (SSSR count). The van der Waals surface area contributed by atoms with E-state index in [-0.39, 0.29) is 0 Å². The lowest BCUT2D eigenvalue weighted by Crippen LogP contribution is -2.03. The number of rotatable bonds is 5. The van der Waals surface area contributed by atoms with Gasteiger partial charge in [0.05, 0.1) is 23.1 Å². The molecule has 1 aromatic heterocycles. The lowest BCUT2D eigenvalue weighted by atomic mass is 10.2. The molecule has 0 aliphatic heterocycles. The standard InChI is InChI=1S/C14H17NO2S/c1-11-5-3-4-6-14(11)18(16)10-13-8-7-12(17-13)9-15-2/h3-8,15H,9-10H2,1-2H3. The number of nitrogens with one attached hydrogen (secondary N) is 1. The Kier molecular flexibility index (Phi) is 4.33. The molecule has 3 nitrogen and oxygen atoms in total. The molecule has 1 heterocycles. The number of furan rings is 1. The van der Waals surface area contributed by atoms with E-state index in [1.54, 1.807) is 0 Å². The maximum absolute atomic E-state index is 12.2. The average molecular weight is 263 g/mol. The van der Waals surface area contributed by atoms with Crippen LogP contribution in [0, 0.1) is 6.92 Å². The van der Waals surface area contributed by atoms with Gasteiger partial charge in [-0.3, -0.25) is 4.21 Å². The van der Waals surface area contributed by atoms with Crippen LogP contribution >= 0.6 is 0 Å².